The second kappa shape index (κ2) is 7.64. The van der Waals surface area contributed by atoms with Gasteiger partial charge in [-0.15, -0.1) is 34.0 Å². The number of hydrogen-bond donors (Lipinski definition) is 0. The van der Waals surface area contributed by atoms with Gasteiger partial charge in [-0.3, -0.25) is 19.2 Å². The zero-order valence-electron chi connectivity index (χ0n) is 16.3. The lowest BCUT2D eigenvalue weighted by molar-refractivity contribution is 0.0876. The second-order valence-corrected chi connectivity index (χ2v) is 11.3. The molecule has 0 aromatic carbocycles. The Hall–Kier alpha value is -2.25. The van der Waals surface area contributed by atoms with E-state index in [0.29, 0.717) is 32.8 Å². The largest absolute Gasteiger partial charge is 0.284 e. The number of hydrogen-bond acceptors (Lipinski definition) is 8. The molecule has 4 aromatic rings. The molecule has 2 aliphatic heterocycles. The Labute approximate surface area is 214 Å². The molecule has 0 fully saturated rings. The van der Waals surface area contributed by atoms with Gasteiger partial charge in [0.25, 0.3) is 23.6 Å². The molecular formula is C21H9Br2N3O4S3. The normalized spacial score (nSPS) is 15.3. The lowest BCUT2D eigenvalue weighted by Gasteiger charge is -2.26. The van der Waals surface area contributed by atoms with Gasteiger partial charge in [0, 0.05) is 37.4 Å². The molecule has 164 valence electrons. The third-order valence-electron chi connectivity index (χ3n) is 5.54. The number of carbonyl (C=O) groups is 4. The van der Waals surface area contributed by atoms with Crippen molar-refractivity contribution in [3.63, 3.8) is 0 Å². The van der Waals surface area contributed by atoms with Gasteiger partial charge in [-0.2, -0.15) is 0 Å². The van der Waals surface area contributed by atoms with Crippen LogP contribution in [0.3, 0.4) is 0 Å². The number of nitrogens with zero attached hydrogens (tertiary/aromatic N) is 3. The molecule has 12 heteroatoms. The highest BCUT2D eigenvalue weighted by molar-refractivity contribution is 9.08. The highest BCUT2D eigenvalue weighted by Crippen LogP contribution is 2.45. The van der Waals surface area contributed by atoms with Crippen LogP contribution in [-0.4, -0.2) is 28.6 Å². The number of carbonyl (C=O) groups excluding carboxylic acids is 4. The summed E-state index contributed by atoms with van der Waals surface area (Å²) >= 11 is 10.7. The first-order valence-electron chi connectivity index (χ1n) is 9.45. The molecule has 4 amide bonds. The van der Waals surface area contributed by atoms with Crippen LogP contribution in [0.2, 0.25) is 0 Å². The summed E-state index contributed by atoms with van der Waals surface area (Å²) in [6.45, 7) is 0. The van der Waals surface area contributed by atoms with Crippen molar-refractivity contribution in [2.45, 2.75) is 10.7 Å². The molecule has 0 bridgehead atoms. The molecule has 2 aliphatic rings. The van der Waals surface area contributed by atoms with Gasteiger partial charge in [0.05, 0.1) is 16.9 Å². The topological polar surface area (TPSA) is 87.7 Å². The highest BCUT2D eigenvalue weighted by Gasteiger charge is 2.45. The highest BCUT2D eigenvalue weighted by atomic mass is 79.9. The van der Waals surface area contributed by atoms with E-state index < -0.39 is 23.6 Å². The molecule has 0 radical (unpaired) electrons. The van der Waals surface area contributed by atoms with E-state index in [1.807, 2.05) is 10.8 Å². The summed E-state index contributed by atoms with van der Waals surface area (Å²) in [4.78, 5) is 62.5. The van der Waals surface area contributed by atoms with E-state index in [-0.39, 0.29) is 21.0 Å². The molecule has 0 N–H and O–H groups in total. The van der Waals surface area contributed by atoms with Crippen molar-refractivity contribution < 1.29 is 19.2 Å². The predicted molar refractivity (Wildman–Crippen MR) is 136 cm³/mol. The van der Waals surface area contributed by atoms with Gasteiger partial charge in [0.2, 0.25) is 0 Å². The smallest absolute Gasteiger partial charge is 0.268 e. The monoisotopic (exact) mass is 621 g/mol. The minimum atomic E-state index is -0.564. The number of aromatic nitrogens is 1. The van der Waals surface area contributed by atoms with E-state index in [2.05, 4.69) is 36.8 Å². The van der Waals surface area contributed by atoms with Crippen molar-refractivity contribution in [2.24, 2.45) is 0 Å². The first-order valence-corrected chi connectivity index (χ1v) is 14.3. The van der Waals surface area contributed by atoms with E-state index >= 15 is 0 Å². The summed E-state index contributed by atoms with van der Waals surface area (Å²) in [6.07, 6.45) is 1.34. The van der Waals surface area contributed by atoms with Gasteiger partial charge in [-0.25, -0.2) is 14.8 Å². The fourth-order valence-corrected chi connectivity index (χ4v) is 8.07. The van der Waals surface area contributed by atoms with Crippen LogP contribution in [0.15, 0.2) is 29.1 Å². The summed E-state index contributed by atoms with van der Waals surface area (Å²) in [6, 6.07) is 3.44. The zero-order chi connectivity index (χ0) is 23.0. The Kier molecular flexibility index (Phi) is 4.93. The molecule has 0 aliphatic carbocycles. The fraction of sp³-hybridized carbons (Fsp3) is 0.0952. The average molecular weight is 623 g/mol. The number of alkyl halides is 2. The van der Waals surface area contributed by atoms with Gasteiger partial charge in [0.1, 0.15) is 15.4 Å². The summed E-state index contributed by atoms with van der Waals surface area (Å²) in [5, 5.41) is 5.24. The van der Waals surface area contributed by atoms with Crippen LogP contribution in [0.25, 0.3) is 10.8 Å². The molecule has 33 heavy (non-hydrogen) atoms. The standard InChI is InChI=1S/C21H9Br2N3O4S3/c22-5-11-9(1-3-31-11)25-18(27)8-7-24-15-14-13(8)16(20(25)29)33-17(14)21(30)26(19(15)28)10-2-4-32-12(10)6-23/h1-4,7H,5-6H2. The van der Waals surface area contributed by atoms with Crippen LogP contribution in [0.5, 0.6) is 0 Å². The van der Waals surface area contributed by atoms with Crippen molar-refractivity contribution in [3.8, 4) is 0 Å². The van der Waals surface area contributed by atoms with E-state index in [0.717, 1.165) is 30.9 Å². The van der Waals surface area contributed by atoms with Gasteiger partial charge in [0.15, 0.2) is 0 Å². The van der Waals surface area contributed by atoms with E-state index in [9.17, 15) is 19.2 Å². The quantitative estimate of drug-likeness (QED) is 0.212. The number of halogens is 2. The minimum Gasteiger partial charge on any atom is -0.268 e. The van der Waals surface area contributed by atoms with E-state index in [1.165, 1.54) is 28.9 Å². The summed E-state index contributed by atoms with van der Waals surface area (Å²) in [5.41, 5.74) is 1.28. The fourth-order valence-electron chi connectivity index (χ4n) is 4.12. The third kappa shape index (κ3) is 2.78. The number of pyridine rings is 1. The van der Waals surface area contributed by atoms with Gasteiger partial charge in [-0.1, -0.05) is 31.9 Å². The Bertz CT molecular complexity index is 1440. The maximum Gasteiger partial charge on any atom is 0.284 e. The van der Waals surface area contributed by atoms with Crippen molar-refractivity contribution in [1.82, 2.24) is 4.98 Å². The second-order valence-electron chi connectivity index (χ2n) is 7.15. The maximum atomic E-state index is 13.5. The Balaban J connectivity index is 1.58. The SMILES string of the molecule is O=C1c2cnc3c4c(sc(c24)C(=O)N1c1ccsc1CBr)C(=O)N(c1ccsc1CBr)C3=O. The molecular weight excluding hydrogens is 614 g/mol. The molecule has 6 rings (SSSR count). The van der Waals surface area contributed by atoms with E-state index in [4.69, 9.17) is 0 Å². The van der Waals surface area contributed by atoms with Gasteiger partial charge >= 0.3 is 0 Å². The van der Waals surface area contributed by atoms with Crippen molar-refractivity contribution in [1.29, 1.82) is 0 Å². The lowest BCUT2D eigenvalue weighted by atomic mass is 9.97. The molecule has 0 unspecified atom stereocenters. The molecule has 0 spiro atoms. The van der Waals surface area contributed by atoms with Crippen LogP contribution < -0.4 is 9.80 Å². The van der Waals surface area contributed by atoms with Gasteiger partial charge < -0.3 is 0 Å². The van der Waals surface area contributed by atoms with Crippen molar-refractivity contribution in [3.05, 3.63) is 59.9 Å². The Morgan fingerprint density at radius 2 is 1.30 bits per heavy atom. The number of anilines is 2. The summed E-state index contributed by atoms with van der Waals surface area (Å²) in [5.74, 6) is -2.10. The minimum absolute atomic E-state index is 0.0725. The van der Waals surface area contributed by atoms with Crippen LogP contribution in [-0.2, 0) is 10.7 Å². The van der Waals surface area contributed by atoms with E-state index in [1.54, 1.807) is 12.1 Å². The lowest BCUT2D eigenvalue weighted by Crippen LogP contribution is -2.41. The van der Waals surface area contributed by atoms with Crippen LogP contribution in [0, 0.1) is 0 Å². The van der Waals surface area contributed by atoms with Crippen molar-refractivity contribution >= 4 is 112 Å². The van der Waals surface area contributed by atoms with Gasteiger partial charge in [-0.05, 0) is 22.9 Å². The molecule has 7 nitrogen and oxygen atoms in total. The first-order chi connectivity index (χ1) is 16.0. The predicted octanol–water partition coefficient (Wildman–Crippen LogP) is 5.81. The Morgan fingerprint density at radius 1 is 0.758 bits per heavy atom. The van der Waals surface area contributed by atoms with Crippen LogP contribution >= 0.6 is 65.9 Å². The average Bonchev–Trinajstić information content (AvgIpc) is 3.55. The number of amides is 4. The van der Waals surface area contributed by atoms with Crippen molar-refractivity contribution in [2.75, 3.05) is 9.80 Å². The van der Waals surface area contributed by atoms with Crippen LogP contribution in [0.4, 0.5) is 11.4 Å². The summed E-state index contributed by atoms with van der Waals surface area (Å²) < 4.78 is 0. The Morgan fingerprint density at radius 3 is 1.88 bits per heavy atom. The van der Waals surface area contributed by atoms with Crippen LogP contribution in [0.1, 0.15) is 49.9 Å². The molecule has 0 atom stereocenters. The maximum absolute atomic E-state index is 13.5. The number of thiophene rings is 3. The summed E-state index contributed by atoms with van der Waals surface area (Å²) in [7, 11) is 0. The molecule has 6 heterocycles. The molecule has 0 saturated heterocycles. The first kappa shape index (κ1) is 21.3. The zero-order valence-corrected chi connectivity index (χ0v) is 21.9. The number of rotatable bonds is 4. The molecule has 0 saturated carbocycles. The molecule has 4 aromatic heterocycles. The third-order valence-corrected chi connectivity index (χ3v) is 10.4. The number of imide groups is 2.